The first kappa shape index (κ1) is 14.8. The molecule has 0 spiro atoms. The van der Waals surface area contributed by atoms with Gasteiger partial charge in [0.1, 0.15) is 17.4 Å². The van der Waals surface area contributed by atoms with Crippen LogP contribution in [-0.2, 0) is 13.0 Å². The second kappa shape index (κ2) is 5.96. The van der Waals surface area contributed by atoms with Crippen LogP contribution in [0.2, 0.25) is 0 Å². The molecule has 0 saturated carbocycles. The number of fused-ring (bicyclic) bond motifs is 1. The minimum absolute atomic E-state index is 0.240. The molecule has 0 aliphatic carbocycles. The number of aromatic nitrogens is 2. The Labute approximate surface area is 140 Å². The van der Waals surface area contributed by atoms with E-state index in [1.54, 1.807) is 12.3 Å². The average molecular weight is 419 g/mol. The van der Waals surface area contributed by atoms with Crippen LogP contribution < -0.4 is 0 Å². The van der Waals surface area contributed by atoms with Gasteiger partial charge in [0, 0.05) is 19.0 Å². The van der Waals surface area contributed by atoms with Crippen LogP contribution in [0.4, 0.5) is 4.39 Å². The van der Waals surface area contributed by atoms with Crippen LogP contribution in [-0.4, -0.2) is 9.55 Å². The summed E-state index contributed by atoms with van der Waals surface area (Å²) >= 11 is 8.19. The summed E-state index contributed by atoms with van der Waals surface area (Å²) in [5.41, 5.74) is 1.53. The van der Waals surface area contributed by atoms with Gasteiger partial charge < -0.3 is 8.98 Å². The van der Waals surface area contributed by atoms with Gasteiger partial charge in [0.05, 0.1) is 26.2 Å². The maximum absolute atomic E-state index is 13.9. The molecule has 0 aliphatic heterocycles. The van der Waals surface area contributed by atoms with Crippen LogP contribution in [0.3, 0.4) is 0 Å². The first-order chi connectivity index (χ1) is 10.1. The molecule has 0 bridgehead atoms. The molecule has 3 nitrogen and oxygen atoms in total. The number of nitrogens with zero attached hydrogens (tertiary/aromatic N) is 2. The summed E-state index contributed by atoms with van der Waals surface area (Å²) < 4.78 is 21.7. The van der Waals surface area contributed by atoms with Gasteiger partial charge in [-0.2, -0.15) is 0 Å². The molecule has 2 heterocycles. The van der Waals surface area contributed by atoms with E-state index in [-0.39, 0.29) is 11.2 Å². The molecule has 0 amide bonds. The Morgan fingerprint density at radius 2 is 2.29 bits per heavy atom. The lowest BCUT2D eigenvalue weighted by molar-refractivity contribution is 0.490. The van der Waals surface area contributed by atoms with Crippen LogP contribution in [0.15, 0.2) is 34.9 Å². The fourth-order valence-corrected chi connectivity index (χ4v) is 2.97. The minimum atomic E-state index is -0.241. The second-order valence-electron chi connectivity index (χ2n) is 4.82. The SMILES string of the molecule is CC(Cl)c1nc2cc(I)c(F)cc2n1CCc1ccco1. The highest BCUT2D eigenvalue weighted by molar-refractivity contribution is 14.1. The van der Waals surface area contributed by atoms with Gasteiger partial charge in [-0.05, 0) is 47.7 Å². The Bertz CT molecular complexity index is 768. The number of aryl methyl sites for hydroxylation is 2. The van der Waals surface area contributed by atoms with Gasteiger partial charge in [-0.15, -0.1) is 11.6 Å². The molecular formula is C15H13ClFIN2O. The number of alkyl halides is 1. The predicted molar refractivity (Wildman–Crippen MR) is 89.1 cm³/mol. The number of hydrogen-bond donors (Lipinski definition) is 0. The molecule has 3 aromatic rings. The van der Waals surface area contributed by atoms with E-state index in [0.717, 1.165) is 22.6 Å². The van der Waals surface area contributed by atoms with E-state index in [0.29, 0.717) is 16.5 Å². The van der Waals surface area contributed by atoms with E-state index in [4.69, 9.17) is 16.0 Å². The van der Waals surface area contributed by atoms with E-state index >= 15 is 0 Å². The zero-order chi connectivity index (χ0) is 15.0. The number of benzene rings is 1. The van der Waals surface area contributed by atoms with Crippen molar-refractivity contribution >= 4 is 45.2 Å². The number of halogens is 3. The summed E-state index contributed by atoms with van der Waals surface area (Å²) in [5.74, 6) is 1.40. The Balaban J connectivity index is 2.04. The minimum Gasteiger partial charge on any atom is -0.469 e. The molecule has 1 unspecified atom stereocenters. The number of imidazole rings is 1. The third kappa shape index (κ3) is 2.94. The summed E-state index contributed by atoms with van der Waals surface area (Å²) in [7, 11) is 0. The van der Waals surface area contributed by atoms with Gasteiger partial charge in [0.25, 0.3) is 0 Å². The lowest BCUT2D eigenvalue weighted by atomic mass is 10.3. The Morgan fingerprint density at radius 1 is 1.48 bits per heavy atom. The van der Waals surface area contributed by atoms with Crippen LogP contribution >= 0.6 is 34.2 Å². The standard InChI is InChI=1S/C15H13ClFIN2O/c1-9(16)15-19-13-8-12(18)11(17)7-14(13)20(15)5-4-10-3-2-6-21-10/h2-3,6-9H,4-5H2,1H3. The third-order valence-corrected chi connectivity index (χ3v) is 4.36. The average Bonchev–Trinajstić information content (AvgIpc) is 3.05. The fraction of sp³-hybridized carbons (Fsp3) is 0.267. The van der Waals surface area contributed by atoms with E-state index in [1.165, 1.54) is 6.07 Å². The molecule has 0 radical (unpaired) electrons. The second-order valence-corrected chi connectivity index (χ2v) is 6.64. The lowest BCUT2D eigenvalue weighted by Crippen LogP contribution is -2.06. The Kier molecular flexibility index (Phi) is 4.21. The third-order valence-electron chi connectivity index (χ3n) is 3.34. The molecular weight excluding hydrogens is 406 g/mol. The van der Waals surface area contributed by atoms with Gasteiger partial charge in [0.15, 0.2) is 0 Å². The highest BCUT2D eigenvalue weighted by Gasteiger charge is 2.17. The van der Waals surface area contributed by atoms with Crippen molar-refractivity contribution in [3.05, 3.63) is 51.5 Å². The molecule has 110 valence electrons. The van der Waals surface area contributed by atoms with Gasteiger partial charge >= 0.3 is 0 Å². The largest absolute Gasteiger partial charge is 0.469 e. The summed E-state index contributed by atoms with van der Waals surface area (Å²) in [6.07, 6.45) is 2.36. The molecule has 1 atom stereocenters. The van der Waals surface area contributed by atoms with Crippen LogP contribution in [0, 0.1) is 9.39 Å². The number of hydrogen-bond acceptors (Lipinski definition) is 2. The zero-order valence-electron chi connectivity index (χ0n) is 11.3. The van der Waals surface area contributed by atoms with Gasteiger partial charge in [0.2, 0.25) is 0 Å². The van der Waals surface area contributed by atoms with E-state index in [1.807, 2.05) is 46.2 Å². The molecule has 0 fully saturated rings. The molecule has 3 rings (SSSR count). The number of furan rings is 1. The quantitative estimate of drug-likeness (QED) is 0.445. The van der Waals surface area contributed by atoms with E-state index < -0.39 is 0 Å². The van der Waals surface area contributed by atoms with Crippen LogP contribution in [0.5, 0.6) is 0 Å². The highest BCUT2D eigenvalue weighted by Crippen LogP contribution is 2.27. The van der Waals surface area contributed by atoms with Gasteiger partial charge in [-0.3, -0.25) is 0 Å². The first-order valence-electron chi connectivity index (χ1n) is 6.58. The molecule has 0 aliphatic rings. The fourth-order valence-electron chi connectivity index (χ4n) is 2.35. The van der Waals surface area contributed by atoms with Crippen LogP contribution in [0.1, 0.15) is 23.9 Å². The summed E-state index contributed by atoms with van der Waals surface area (Å²) in [5, 5.41) is -0.241. The van der Waals surface area contributed by atoms with Crippen molar-refractivity contribution in [2.24, 2.45) is 0 Å². The summed E-state index contributed by atoms with van der Waals surface area (Å²) in [6.45, 7) is 2.52. The van der Waals surface area contributed by atoms with Crippen molar-refractivity contribution in [1.82, 2.24) is 9.55 Å². The molecule has 1 aromatic carbocycles. The smallest absolute Gasteiger partial charge is 0.138 e. The first-order valence-corrected chi connectivity index (χ1v) is 8.09. The number of rotatable bonds is 4. The van der Waals surface area contributed by atoms with E-state index in [9.17, 15) is 4.39 Å². The van der Waals surface area contributed by atoms with Crippen molar-refractivity contribution in [3.63, 3.8) is 0 Å². The van der Waals surface area contributed by atoms with Crippen LogP contribution in [0.25, 0.3) is 11.0 Å². The van der Waals surface area contributed by atoms with Gasteiger partial charge in [-0.25, -0.2) is 9.37 Å². The topological polar surface area (TPSA) is 31.0 Å². The monoisotopic (exact) mass is 418 g/mol. The molecule has 0 N–H and O–H groups in total. The molecule has 6 heteroatoms. The summed E-state index contributed by atoms with van der Waals surface area (Å²) in [6, 6.07) is 7.05. The zero-order valence-corrected chi connectivity index (χ0v) is 14.2. The molecule has 21 heavy (non-hydrogen) atoms. The maximum atomic E-state index is 13.9. The van der Waals surface area contributed by atoms with Crippen molar-refractivity contribution in [1.29, 1.82) is 0 Å². The van der Waals surface area contributed by atoms with Crippen molar-refractivity contribution in [2.75, 3.05) is 0 Å². The highest BCUT2D eigenvalue weighted by atomic mass is 127. The Hall–Kier alpha value is -1.08. The van der Waals surface area contributed by atoms with E-state index in [2.05, 4.69) is 4.98 Å². The maximum Gasteiger partial charge on any atom is 0.138 e. The predicted octanol–water partition coefficient (Wildman–Crippen LogP) is 4.92. The molecule has 0 saturated heterocycles. The molecule has 2 aromatic heterocycles. The Morgan fingerprint density at radius 3 is 2.95 bits per heavy atom. The van der Waals surface area contributed by atoms with Crippen molar-refractivity contribution in [2.45, 2.75) is 25.3 Å². The lowest BCUT2D eigenvalue weighted by Gasteiger charge is -2.09. The normalized spacial score (nSPS) is 13.0. The van der Waals surface area contributed by atoms with Gasteiger partial charge in [-0.1, -0.05) is 0 Å². The summed E-state index contributed by atoms with van der Waals surface area (Å²) in [4.78, 5) is 4.54. The van der Waals surface area contributed by atoms with Crippen molar-refractivity contribution in [3.8, 4) is 0 Å². The van der Waals surface area contributed by atoms with Crippen molar-refractivity contribution < 1.29 is 8.81 Å².